The summed E-state index contributed by atoms with van der Waals surface area (Å²) in [6, 6.07) is 20.9. The standard InChI is InChI=1S/C29H27N3O8/c1-19-23(31-28(40-19)21-7-3-2-4-8-21)15-16-38-22-13-11-20(12-14-22)17-24(29(34)35)30-27(33)18-39-26-10-6-5-9-25(26)32(36)37/h2-14,24H,15-18H2,1H3,(H,30,33)(H,34,35)/t24-/m0/s1. The number of carboxylic acids is 1. The molecular weight excluding hydrogens is 518 g/mol. The molecule has 0 aliphatic carbocycles. The molecule has 3 aromatic carbocycles. The third kappa shape index (κ3) is 7.44. The number of carbonyl (C=O) groups excluding carboxylic acids is 1. The van der Waals surface area contributed by atoms with Gasteiger partial charge in [0.1, 0.15) is 17.6 Å². The number of hydrogen-bond donors (Lipinski definition) is 2. The normalized spacial score (nSPS) is 11.4. The highest BCUT2D eigenvalue weighted by Gasteiger charge is 2.22. The smallest absolute Gasteiger partial charge is 0.326 e. The van der Waals surface area contributed by atoms with Gasteiger partial charge in [0.2, 0.25) is 5.89 Å². The van der Waals surface area contributed by atoms with Crippen molar-refractivity contribution in [3.63, 3.8) is 0 Å². The van der Waals surface area contributed by atoms with Crippen LogP contribution in [0.15, 0.2) is 83.3 Å². The van der Waals surface area contributed by atoms with Crippen LogP contribution < -0.4 is 14.8 Å². The largest absolute Gasteiger partial charge is 0.493 e. The van der Waals surface area contributed by atoms with E-state index >= 15 is 0 Å². The van der Waals surface area contributed by atoms with Crippen LogP contribution in [0, 0.1) is 17.0 Å². The zero-order valence-corrected chi connectivity index (χ0v) is 21.6. The molecule has 2 N–H and O–H groups in total. The Labute approximate surface area is 229 Å². The molecule has 1 amide bonds. The Morgan fingerprint density at radius 2 is 1.73 bits per heavy atom. The molecule has 11 heteroatoms. The van der Waals surface area contributed by atoms with Gasteiger partial charge in [0.15, 0.2) is 12.4 Å². The minimum atomic E-state index is -1.22. The molecule has 0 fully saturated rings. The fourth-order valence-electron chi connectivity index (χ4n) is 3.90. The fraction of sp³-hybridized carbons (Fsp3) is 0.207. The number of oxazole rings is 1. The van der Waals surface area contributed by atoms with Crippen LogP contribution in [-0.2, 0) is 22.4 Å². The zero-order valence-electron chi connectivity index (χ0n) is 21.6. The van der Waals surface area contributed by atoms with Crippen molar-refractivity contribution in [2.45, 2.75) is 25.8 Å². The molecule has 0 saturated heterocycles. The van der Waals surface area contributed by atoms with Gasteiger partial charge in [-0.15, -0.1) is 0 Å². The van der Waals surface area contributed by atoms with Crippen LogP contribution in [-0.4, -0.2) is 46.1 Å². The van der Waals surface area contributed by atoms with Crippen LogP contribution in [0.1, 0.15) is 17.0 Å². The van der Waals surface area contributed by atoms with E-state index in [1.807, 2.05) is 37.3 Å². The number of amides is 1. The number of para-hydroxylation sites is 2. The summed E-state index contributed by atoms with van der Waals surface area (Å²) in [5.74, 6) is -0.138. The summed E-state index contributed by atoms with van der Waals surface area (Å²) in [7, 11) is 0. The van der Waals surface area contributed by atoms with Crippen molar-refractivity contribution < 1.29 is 33.5 Å². The van der Waals surface area contributed by atoms with Crippen LogP contribution in [0.2, 0.25) is 0 Å². The van der Waals surface area contributed by atoms with Crippen molar-refractivity contribution in [3.8, 4) is 23.0 Å². The Balaban J connectivity index is 1.27. The molecule has 0 aliphatic rings. The number of nitrogens with one attached hydrogen (secondary N) is 1. The SMILES string of the molecule is Cc1oc(-c2ccccc2)nc1CCOc1ccc(C[C@H](NC(=O)COc2ccccc2[N+](=O)[O-])C(=O)O)cc1. The fourth-order valence-corrected chi connectivity index (χ4v) is 3.90. The lowest BCUT2D eigenvalue weighted by Gasteiger charge is -2.15. The summed E-state index contributed by atoms with van der Waals surface area (Å²) >= 11 is 0. The topological polar surface area (TPSA) is 154 Å². The van der Waals surface area contributed by atoms with Gasteiger partial charge in [-0.3, -0.25) is 14.9 Å². The monoisotopic (exact) mass is 545 g/mol. The predicted molar refractivity (Wildman–Crippen MR) is 144 cm³/mol. The summed E-state index contributed by atoms with van der Waals surface area (Å²) < 4.78 is 16.8. The van der Waals surface area contributed by atoms with Crippen LogP contribution >= 0.6 is 0 Å². The summed E-state index contributed by atoms with van der Waals surface area (Å²) in [5.41, 5.74) is 2.08. The Morgan fingerprint density at radius 1 is 1.02 bits per heavy atom. The first-order valence-electron chi connectivity index (χ1n) is 12.4. The lowest BCUT2D eigenvalue weighted by Crippen LogP contribution is -2.44. The summed E-state index contributed by atoms with van der Waals surface area (Å²) in [5, 5.41) is 23.0. The quantitative estimate of drug-likeness (QED) is 0.184. The van der Waals surface area contributed by atoms with Crippen LogP contribution in [0.25, 0.3) is 11.5 Å². The van der Waals surface area contributed by atoms with Gasteiger partial charge in [0.25, 0.3) is 5.91 Å². The Bertz CT molecular complexity index is 1470. The van der Waals surface area contributed by atoms with Gasteiger partial charge in [-0.05, 0) is 42.8 Å². The Morgan fingerprint density at radius 3 is 2.42 bits per heavy atom. The average molecular weight is 546 g/mol. The first kappa shape index (κ1) is 27.8. The number of nitro groups is 1. The van der Waals surface area contributed by atoms with Crippen LogP contribution in [0.5, 0.6) is 11.5 Å². The molecule has 0 spiro atoms. The van der Waals surface area contributed by atoms with Gasteiger partial charge in [-0.1, -0.05) is 42.5 Å². The third-order valence-electron chi connectivity index (χ3n) is 5.94. The van der Waals surface area contributed by atoms with Gasteiger partial charge < -0.3 is 24.3 Å². The van der Waals surface area contributed by atoms with E-state index in [0.717, 1.165) is 17.0 Å². The number of benzene rings is 3. The number of carboxylic acid groups (broad SMARTS) is 1. The molecule has 4 rings (SSSR count). The van der Waals surface area contributed by atoms with Crippen molar-refractivity contribution >= 4 is 17.6 Å². The maximum atomic E-state index is 12.3. The molecule has 40 heavy (non-hydrogen) atoms. The third-order valence-corrected chi connectivity index (χ3v) is 5.94. The second-order valence-corrected chi connectivity index (χ2v) is 8.81. The molecule has 4 aromatic rings. The lowest BCUT2D eigenvalue weighted by atomic mass is 10.1. The van der Waals surface area contributed by atoms with E-state index < -0.39 is 29.4 Å². The second-order valence-electron chi connectivity index (χ2n) is 8.81. The van der Waals surface area contributed by atoms with E-state index in [9.17, 15) is 24.8 Å². The highest BCUT2D eigenvalue weighted by molar-refractivity contribution is 5.84. The van der Waals surface area contributed by atoms with Crippen molar-refractivity contribution in [1.29, 1.82) is 0 Å². The second kappa shape index (κ2) is 13.1. The van der Waals surface area contributed by atoms with Gasteiger partial charge in [0, 0.05) is 24.5 Å². The number of hydrogen-bond acceptors (Lipinski definition) is 8. The summed E-state index contributed by atoms with van der Waals surface area (Å²) in [6.45, 7) is 1.66. The summed E-state index contributed by atoms with van der Waals surface area (Å²) in [4.78, 5) is 39.1. The van der Waals surface area contributed by atoms with Crippen LogP contribution in [0.4, 0.5) is 5.69 Å². The molecule has 1 heterocycles. The number of aliphatic carboxylic acids is 1. The minimum Gasteiger partial charge on any atom is -0.493 e. The average Bonchev–Trinajstić information content (AvgIpc) is 3.33. The maximum Gasteiger partial charge on any atom is 0.326 e. The predicted octanol–water partition coefficient (Wildman–Crippen LogP) is 4.37. The number of ether oxygens (including phenoxy) is 2. The van der Waals surface area contributed by atoms with E-state index in [-0.39, 0.29) is 17.9 Å². The summed E-state index contributed by atoms with van der Waals surface area (Å²) in [6.07, 6.45) is 0.568. The van der Waals surface area contributed by atoms with E-state index in [2.05, 4.69) is 10.3 Å². The van der Waals surface area contributed by atoms with Gasteiger partial charge in [0.05, 0.1) is 17.2 Å². The van der Waals surface area contributed by atoms with Gasteiger partial charge in [-0.25, -0.2) is 9.78 Å². The van der Waals surface area contributed by atoms with Crippen molar-refractivity contribution in [2.75, 3.05) is 13.2 Å². The highest BCUT2D eigenvalue weighted by Crippen LogP contribution is 2.26. The number of aryl methyl sites for hydroxylation is 1. The number of carbonyl (C=O) groups is 2. The molecule has 1 aromatic heterocycles. The molecule has 0 aliphatic heterocycles. The van der Waals surface area contributed by atoms with E-state index in [1.54, 1.807) is 24.3 Å². The molecular formula is C29H27N3O8. The molecule has 1 atom stereocenters. The molecule has 0 radical (unpaired) electrons. The highest BCUT2D eigenvalue weighted by atomic mass is 16.6. The number of rotatable bonds is 13. The molecule has 0 unspecified atom stereocenters. The molecule has 0 bridgehead atoms. The van der Waals surface area contributed by atoms with Crippen molar-refractivity contribution in [1.82, 2.24) is 10.3 Å². The number of nitrogens with zero attached hydrogens (tertiary/aromatic N) is 2. The van der Waals surface area contributed by atoms with E-state index in [0.29, 0.717) is 30.2 Å². The molecule has 11 nitrogen and oxygen atoms in total. The van der Waals surface area contributed by atoms with Crippen molar-refractivity contribution in [3.05, 3.63) is 106 Å². The number of nitro benzene ring substituents is 1. The lowest BCUT2D eigenvalue weighted by molar-refractivity contribution is -0.385. The van der Waals surface area contributed by atoms with Gasteiger partial charge >= 0.3 is 11.7 Å². The van der Waals surface area contributed by atoms with Crippen LogP contribution in [0.3, 0.4) is 0 Å². The van der Waals surface area contributed by atoms with Crippen molar-refractivity contribution in [2.24, 2.45) is 0 Å². The zero-order chi connectivity index (χ0) is 28.5. The van der Waals surface area contributed by atoms with E-state index in [1.165, 1.54) is 24.3 Å². The first-order valence-corrected chi connectivity index (χ1v) is 12.4. The Kier molecular flexibility index (Phi) is 9.08. The number of aromatic nitrogens is 1. The minimum absolute atomic E-state index is 0.0211. The first-order chi connectivity index (χ1) is 19.3. The molecule has 0 saturated carbocycles. The Hall–Kier alpha value is -5.19. The van der Waals surface area contributed by atoms with E-state index in [4.69, 9.17) is 13.9 Å². The molecule has 206 valence electrons. The van der Waals surface area contributed by atoms with Gasteiger partial charge in [-0.2, -0.15) is 0 Å². The maximum absolute atomic E-state index is 12.3.